The number of rotatable bonds is 5. The highest BCUT2D eigenvalue weighted by atomic mass is 16.5. The smallest absolute Gasteiger partial charge is 0.274 e. The van der Waals surface area contributed by atoms with Crippen molar-refractivity contribution in [2.24, 2.45) is 5.92 Å². The monoisotopic (exact) mass is 497 g/mol. The fraction of sp³-hybridized carbons (Fsp3) is 0.500. The van der Waals surface area contributed by atoms with Crippen LogP contribution in [-0.2, 0) is 9.53 Å². The lowest BCUT2D eigenvalue weighted by atomic mass is 10.0. The Bertz CT molecular complexity index is 1060. The molecule has 0 radical (unpaired) electrons. The molecule has 194 valence electrons. The quantitative estimate of drug-likeness (QED) is 0.676. The van der Waals surface area contributed by atoms with Gasteiger partial charge < -0.3 is 24.6 Å². The van der Waals surface area contributed by atoms with Crippen LogP contribution in [0, 0.1) is 5.92 Å². The van der Waals surface area contributed by atoms with E-state index in [9.17, 15) is 14.4 Å². The van der Waals surface area contributed by atoms with Gasteiger partial charge in [-0.2, -0.15) is 0 Å². The van der Waals surface area contributed by atoms with E-state index in [1.54, 1.807) is 42.2 Å². The fourth-order valence-corrected chi connectivity index (χ4v) is 4.14. The Balaban J connectivity index is 1.97. The van der Waals surface area contributed by atoms with Crippen LogP contribution in [0.4, 0.5) is 5.69 Å². The number of likely N-dealkylation sites (N-methyl/N-ethyl adjacent to an activating group) is 1. The Labute approximate surface area is 212 Å². The highest BCUT2D eigenvalue weighted by Crippen LogP contribution is 2.27. The number of nitrogens with zero attached hydrogens (tertiary/aromatic N) is 4. The summed E-state index contributed by atoms with van der Waals surface area (Å²) >= 11 is 0. The molecular formula is C26H35N5O5. The summed E-state index contributed by atoms with van der Waals surface area (Å²) in [4.78, 5) is 50.3. The number of aromatic nitrogens is 2. The van der Waals surface area contributed by atoms with Crippen LogP contribution in [0.15, 0.2) is 36.8 Å². The molecule has 10 nitrogen and oxygen atoms in total. The Morgan fingerprint density at radius 3 is 2.67 bits per heavy atom. The van der Waals surface area contributed by atoms with E-state index in [2.05, 4.69) is 15.3 Å². The van der Waals surface area contributed by atoms with E-state index in [1.807, 2.05) is 20.8 Å². The number of carbonyl (C=O) groups excluding carboxylic acids is 3. The standard InChI is InChI=1S/C26H35N5O5/c1-6-7-24(32)29-19-8-9-20-22(12-19)36-16-18(3)31(26(34)21-13-27-10-11-28-21)14-17(2)23(35-5)15-30(4)25(20)33/h8-13,17-18,23H,6-7,14-16H2,1-5H3,(H,29,32)/t17-,18+,23+/m0/s1. The largest absolute Gasteiger partial charge is 0.491 e. The lowest BCUT2D eigenvalue weighted by molar-refractivity contribution is -0.116. The molecule has 0 aliphatic carbocycles. The molecule has 0 saturated heterocycles. The summed E-state index contributed by atoms with van der Waals surface area (Å²) in [5, 5.41) is 2.84. The maximum atomic E-state index is 13.4. The van der Waals surface area contributed by atoms with E-state index in [1.165, 1.54) is 18.6 Å². The Morgan fingerprint density at radius 2 is 2.00 bits per heavy atom. The molecule has 3 amide bonds. The van der Waals surface area contributed by atoms with E-state index >= 15 is 0 Å². The SMILES string of the molecule is CCCC(=O)Nc1ccc2c(c1)OC[C@@H](C)N(C(=O)c1cnccn1)C[C@H](C)[C@H](OC)CN(C)C2=O. The number of methoxy groups -OCH3 is 1. The molecule has 10 heteroatoms. The summed E-state index contributed by atoms with van der Waals surface area (Å²) in [5.74, 6) is -0.333. The lowest BCUT2D eigenvalue weighted by Gasteiger charge is -2.35. The first-order chi connectivity index (χ1) is 17.2. The van der Waals surface area contributed by atoms with Crippen molar-refractivity contribution in [1.82, 2.24) is 19.8 Å². The Kier molecular flexibility index (Phi) is 9.35. The Hall–Kier alpha value is -3.53. The normalized spacial score (nSPS) is 21.0. The topological polar surface area (TPSA) is 114 Å². The van der Waals surface area contributed by atoms with E-state index in [0.29, 0.717) is 36.5 Å². The first-order valence-corrected chi connectivity index (χ1v) is 12.2. The van der Waals surface area contributed by atoms with Gasteiger partial charge in [-0.1, -0.05) is 13.8 Å². The summed E-state index contributed by atoms with van der Waals surface area (Å²) in [6, 6.07) is 4.65. The van der Waals surface area contributed by atoms with E-state index in [4.69, 9.17) is 9.47 Å². The molecule has 3 atom stereocenters. The molecule has 1 aromatic carbocycles. The molecular weight excluding hydrogens is 462 g/mol. The predicted molar refractivity (Wildman–Crippen MR) is 135 cm³/mol. The van der Waals surface area contributed by atoms with Gasteiger partial charge in [-0.3, -0.25) is 19.4 Å². The van der Waals surface area contributed by atoms with Gasteiger partial charge in [-0.25, -0.2) is 4.98 Å². The van der Waals surface area contributed by atoms with Crippen LogP contribution in [0.25, 0.3) is 0 Å². The van der Waals surface area contributed by atoms with Gasteiger partial charge in [0.05, 0.1) is 23.9 Å². The molecule has 0 bridgehead atoms. The lowest BCUT2D eigenvalue weighted by Crippen LogP contribution is -2.48. The highest BCUT2D eigenvalue weighted by Gasteiger charge is 2.31. The third kappa shape index (κ3) is 6.57. The molecule has 2 heterocycles. The molecule has 0 spiro atoms. The van der Waals surface area contributed by atoms with Crippen LogP contribution >= 0.6 is 0 Å². The second-order valence-corrected chi connectivity index (χ2v) is 9.15. The van der Waals surface area contributed by atoms with Crippen LogP contribution in [0.1, 0.15) is 54.5 Å². The van der Waals surface area contributed by atoms with Crippen molar-refractivity contribution < 1.29 is 23.9 Å². The van der Waals surface area contributed by atoms with Crippen molar-refractivity contribution >= 4 is 23.4 Å². The number of benzene rings is 1. The number of carbonyl (C=O) groups is 3. The molecule has 1 aliphatic rings. The number of anilines is 1. The second kappa shape index (κ2) is 12.4. The summed E-state index contributed by atoms with van der Waals surface area (Å²) in [5.41, 5.74) is 1.15. The zero-order valence-electron chi connectivity index (χ0n) is 21.6. The van der Waals surface area contributed by atoms with Crippen LogP contribution in [0.2, 0.25) is 0 Å². The van der Waals surface area contributed by atoms with Gasteiger partial charge in [0.2, 0.25) is 5.91 Å². The number of hydrogen-bond acceptors (Lipinski definition) is 7. The molecule has 2 aromatic rings. The molecule has 1 N–H and O–H groups in total. The minimum Gasteiger partial charge on any atom is -0.491 e. The van der Waals surface area contributed by atoms with E-state index < -0.39 is 0 Å². The van der Waals surface area contributed by atoms with E-state index in [0.717, 1.165) is 6.42 Å². The molecule has 1 aromatic heterocycles. The van der Waals surface area contributed by atoms with Crippen LogP contribution in [0.3, 0.4) is 0 Å². The third-order valence-electron chi connectivity index (χ3n) is 6.25. The van der Waals surface area contributed by atoms with Gasteiger partial charge in [0.25, 0.3) is 11.8 Å². The Morgan fingerprint density at radius 1 is 1.22 bits per heavy atom. The summed E-state index contributed by atoms with van der Waals surface area (Å²) in [7, 11) is 3.31. The third-order valence-corrected chi connectivity index (χ3v) is 6.25. The maximum Gasteiger partial charge on any atom is 0.274 e. The van der Waals surface area contributed by atoms with Crippen molar-refractivity contribution in [3.05, 3.63) is 48.0 Å². The molecule has 3 rings (SSSR count). The zero-order valence-corrected chi connectivity index (χ0v) is 21.6. The van der Waals surface area contributed by atoms with Gasteiger partial charge in [-0.15, -0.1) is 0 Å². The number of hydrogen-bond donors (Lipinski definition) is 1. The van der Waals surface area contributed by atoms with E-state index in [-0.39, 0.29) is 48.1 Å². The van der Waals surface area contributed by atoms with Crippen LogP contribution in [-0.4, -0.2) is 83.5 Å². The van der Waals surface area contributed by atoms with Crippen LogP contribution in [0.5, 0.6) is 5.75 Å². The second-order valence-electron chi connectivity index (χ2n) is 9.15. The molecule has 0 unspecified atom stereocenters. The summed E-state index contributed by atoms with van der Waals surface area (Å²) in [6.45, 7) is 6.63. The minimum atomic E-state index is -0.349. The molecule has 0 saturated carbocycles. The maximum absolute atomic E-state index is 13.4. The highest BCUT2D eigenvalue weighted by molar-refractivity contribution is 5.98. The van der Waals surface area contributed by atoms with Gasteiger partial charge in [0.15, 0.2) is 0 Å². The van der Waals surface area contributed by atoms with Crippen LogP contribution < -0.4 is 10.1 Å². The number of nitrogens with one attached hydrogen (secondary N) is 1. The van der Waals surface area contributed by atoms with Crippen molar-refractivity contribution in [2.45, 2.75) is 45.8 Å². The first kappa shape index (κ1) is 27.1. The average molecular weight is 498 g/mol. The molecule has 0 fully saturated rings. The van der Waals surface area contributed by atoms with Crippen molar-refractivity contribution in [2.75, 3.05) is 39.2 Å². The van der Waals surface area contributed by atoms with Gasteiger partial charge in [-0.05, 0) is 25.5 Å². The number of ether oxygens (including phenoxy) is 2. The van der Waals surface area contributed by atoms with Gasteiger partial charge >= 0.3 is 0 Å². The fourth-order valence-electron chi connectivity index (χ4n) is 4.14. The van der Waals surface area contributed by atoms with Gasteiger partial charge in [0, 0.05) is 63.7 Å². The van der Waals surface area contributed by atoms with Crippen molar-refractivity contribution in [1.29, 1.82) is 0 Å². The number of amides is 3. The zero-order chi connectivity index (χ0) is 26.2. The summed E-state index contributed by atoms with van der Waals surface area (Å²) < 4.78 is 11.8. The average Bonchev–Trinajstić information content (AvgIpc) is 2.88. The minimum absolute atomic E-state index is 0.0802. The van der Waals surface area contributed by atoms with Crippen molar-refractivity contribution in [3.63, 3.8) is 0 Å². The molecule has 36 heavy (non-hydrogen) atoms. The van der Waals surface area contributed by atoms with Gasteiger partial charge in [0.1, 0.15) is 18.1 Å². The first-order valence-electron chi connectivity index (χ1n) is 12.2. The predicted octanol–water partition coefficient (Wildman–Crippen LogP) is 2.86. The number of fused-ring (bicyclic) bond motifs is 1. The molecule has 1 aliphatic heterocycles. The summed E-state index contributed by atoms with van der Waals surface area (Å²) in [6.07, 6.45) is 5.26. The van der Waals surface area contributed by atoms with Crippen molar-refractivity contribution in [3.8, 4) is 5.75 Å².